The van der Waals surface area contributed by atoms with Gasteiger partial charge in [0.2, 0.25) is 11.8 Å². The molecular formula is C26H42F4N6O2. The largest absolute Gasteiger partial charge is 0.409 e. The summed E-state index contributed by atoms with van der Waals surface area (Å²) in [5.74, 6) is -1.63. The van der Waals surface area contributed by atoms with Crippen molar-refractivity contribution in [2.45, 2.75) is 108 Å². The van der Waals surface area contributed by atoms with Crippen molar-refractivity contribution in [3.8, 4) is 0 Å². The number of halogens is 4. The summed E-state index contributed by atoms with van der Waals surface area (Å²) in [6.45, 7) is 3.97. The monoisotopic (exact) mass is 546 g/mol. The molecule has 4 unspecified atom stereocenters. The van der Waals surface area contributed by atoms with Crippen LogP contribution in [0, 0.1) is 11.8 Å². The van der Waals surface area contributed by atoms with Crippen molar-refractivity contribution in [2.24, 2.45) is 11.8 Å². The summed E-state index contributed by atoms with van der Waals surface area (Å²) in [7, 11) is 1.31. The van der Waals surface area contributed by atoms with Gasteiger partial charge in [-0.25, -0.2) is 14.8 Å². The molecule has 1 saturated carbocycles. The predicted octanol–water partition coefficient (Wildman–Crippen LogP) is 2.46. The average molecular weight is 547 g/mol. The molecule has 216 valence electrons. The maximum absolute atomic E-state index is 14.4. The molecule has 5 rings (SSSR count). The number of carbonyl (C=O) groups is 2. The van der Waals surface area contributed by atoms with Crippen LogP contribution in [-0.2, 0) is 9.59 Å². The van der Waals surface area contributed by atoms with Crippen LogP contribution in [0.1, 0.15) is 64.7 Å². The highest BCUT2D eigenvalue weighted by Crippen LogP contribution is 2.41. The fourth-order valence-electron chi connectivity index (χ4n) is 7.89. The maximum Gasteiger partial charge on any atom is 0.409 e. The number of hydrogen-bond donors (Lipinski definition) is 2. The van der Waals surface area contributed by atoms with E-state index < -0.39 is 36.3 Å². The lowest BCUT2D eigenvalue weighted by molar-refractivity contribution is -0.203. The SMILES string of the molecule is CC(=O)N1CCC(C(=O)N(C)[C@@H](C2CCC(N3CCCC4C3CNC3CC(F)NN34)CC2)C(F)(F)F)CC1. The number of hydrazine groups is 1. The van der Waals surface area contributed by atoms with Gasteiger partial charge in [0.15, 0.2) is 6.30 Å². The molecule has 5 aliphatic rings. The number of likely N-dealkylation sites (tertiary alicyclic amines) is 2. The van der Waals surface area contributed by atoms with Gasteiger partial charge in [-0.1, -0.05) is 0 Å². The van der Waals surface area contributed by atoms with Gasteiger partial charge in [0, 0.05) is 64.1 Å². The predicted molar refractivity (Wildman–Crippen MR) is 133 cm³/mol. The lowest BCUT2D eigenvalue weighted by atomic mass is 9.78. The van der Waals surface area contributed by atoms with Crippen molar-refractivity contribution in [1.82, 2.24) is 30.5 Å². The van der Waals surface area contributed by atoms with E-state index in [2.05, 4.69) is 15.6 Å². The molecule has 0 bridgehead atoms. The Bertz CT molecular complexity index is 861. The van der Waals surface area contributed by atoms with Crippen LogP contribution >= 0.6 is 0 Å². The van der Waals surface area contributed by atoms with E-state index in [-0.39, 0.29) is 30.2 Å². The number of alkyl halides is 4. The number of hydrogen-bond acceptors (Lipinski definition) is 6. The summed E-state index contributed by atoms with van der Waals surface area (Å²) in [5, 5.41) is 5.50. The van der Waals surface area contributed by atoms with Crippen molar-refractivity contribution in [1.29, 1.82) is 0 Å². The lowest BCUT2D eigenvalue weighted by Gasteiger charge is -2.53. The lowest BCUT2D eigenvalue weighted by Crippen LogP contribution is -2.70. The summed E-state index contributed by atoms with van der Waals surface area (Å²) < 4.78 is 57.1. The van der Waals surface area contributed by atoms with Gasteiger partial charge in [0.05, 0.1) is 6.17 Å². The van der Waals surface area contributed by atoms with Crippen molar-refractivity contribution in [3.63, 3.8) is 0 Å². The Kier molecular flexibility index (Phi) is 8.24. The van der Waals surface area contributed by atoms with E-state index in [1.165, 1.54) is 14.0 Å². The fraction of sp³-hybridized carbons (Fsp3) is 0.923. The molecule has 4 heterocycles. The number of carbonyl (C=O) groups excluding carboxylic acids is 2. The first-order valence-electron chi connectivity index (χ1n) is 14.3. The Morgan fingerprint density at radius 2 is 1.66 bits per heavy atom. The first-order valence-corrected chi connectivity index (χ1v) is 14.3. The molecule has 12 heteroatoms. The van der Waals surface area contributed by atoms with E-state index in [9.17, 15) is 27.2 Å². The van der Waals surface area contributed by atoms with Crippen LogP contribution in [0.15, 0.2) is 0 Å². The summed E-state index contributed by atoms with van der Waals surface area (Å²) >= 11 is 0. The number of nitrogens with zero attached hydrogens (tertiary/aromatic N) is 4. The minimum atomic E-state index is -4.50. The molecule has 0 aromatic carbocycles. The number of fused-ring (bicyclic) bond motifs is 3. The third-order valence-electron chi connectivity index (χ3n) is 9.81. The second-order valence-corrected chi connectivity index (χ2v) is 12.0. The highest BCUT2D eigenvalue weighted by atomic mass is 19.4. The Morgan fingerprint density at radius 1 is 0.974 bits per heavy atom. The third kappa shape index (κ3) is 5.55. The molecule has 0 radical (unpaired) electrons. The molecule has 5 atom stereocenters. The topological polar surface area (TPSA) is 71.2 Å². The minimum absolute atomic E-state index is 0.00254. The first kappa shape index (κ1) is 28.0. The van der Waals surface area contributed by atoms with Gasteiger partial charge < -0.3 is 9.80 Å². The second-order valence-electron chi connectivity index (χ2n) is 12.0. The normalized spacial score (nSPS) is 36.4. The van der Waals surface area contributed by atoms with Crippen molar-refractivity contribution in [2.75, 3.05) is 33.2 Å². The molecule has 0 aromatic heterocycles. The molecule has 0 spiro atoms. The minimum Gasteiger partial charge on any atom is -0.343 e. The van der Waals surface area contributed by atoms with Crippen LogP contribution in [-0.4, -0.2) is 108 Å². The summed E-state index contributed by atoms with van der Waals surface area (Å²) in [6.07, 6.45) is -0.138. The second kappa shape index (κ2) is 11.2. The van der Waals surface area contributed by atoms with Crippen molar-refractivity contribution >= 4 is 11.8 Å². The summed E-state index contributed by atoms with van der Waals surface area (Å²) in [5.41, 5.74) is 2.97. The fourth-order valence-corrected chi connectivity index (χ4v) is 7.89. The van der Waals surface area contributed by atoms with Crippen LogP contribution in [0.3, 0.4) is 0 Å². The molecule has 1 aliphatic carbocycles. The Morgan fingerprint density at radius 3 is 2.29 bits per heavy atom. The maximum atomic E-state index is 14.4. The number of piperidine rings is 2. The van der Waals surface area contributed by atoms with E-state index in [0.717, 1.165) is 30.8 Å². The van der Waals surface area contributed by atoms with Crippen LogP contribution < -0.4 is 10.7 Å². The molecule has 4 saturated heterocycles. The summed E-state index contributed by atoms with van der Waals surface area (Å²) in [6, 6.07) is -1.17. The van der Waals surface area contributed by atoms with Gasteiger partial charge in [-0.15, -0.1) is 0 Å². The zero-order valence-electron chi connectivity index (χ0n) is 22.4. The number of rotatable bonds is 4. The molecule has 4 aliphatic heterocycles. The highest BCUT2D eigenvalue weighted by molar-refractivity contribution is 5.80. The number of nitrogens with one attached hydrogen (secondary N) is 2. The molecule has 2 amide bonds. The first-order chi connectivity index (χ1) is 18.0. The highest BCUT2D eigenvalue weighted by Gasteiger charge is 2.52. The van der Waals surface area contributed by atoms with E-state index in [0.29, 0.717) is 58.0 Å². The quantitative estimate of drug-likeness (QED) is 0.417. The Hall–Kier alpha value is -1.50. The van der Waals surface area contributed by atoms with Crippen LogP contribution in [0.2, 0.25) is 0 Å². The van der Waals surface area contributed by atoms with E-state index >= 15 is 0 Å². The Balaban J connectivity index is 1.20. The molecular weight excluding hydrogens is 504 g/mol. The van der Waals surface area contributed by atoms with E-state index in [1.54, 1.807) is 4.90 Å². The van der Waals surface area contributed by atoms with Crippen LogP contribution in [0.4, 0.5) is 17.6 Å². The average Bonchev–Trinajstić information content (AvgIpc) is 3.28. The van der Waals surface area contributed by atoms with E-state index in [1.807, 2.05) is 5.01 Å². The smallest absolute Gasteiger partial charge is 0.343 e. The van der Waals surface area contributed by atoms with Crippen molar-refractivity contribution < 1.29 is 27.2 Å². The van der Waals surface area contributed by atoms with Crippen LogP contribution in [0.5, 0.6) is 0 Å². The van der Waals surface area contributed by atoms with Gasteiger partial charge in [-0.05, 0) is 63.8 Å². The van der Waals surface area contributed by atoms with E-state index in [4.69, 9.17) is 0 Å². The van der Waals surface area contributed by atoms with Crippen LogP contribution in [0.25, 0.3) is 0 Å². The van der Waals surface area contributed by atoms with Gasteiger partial charge in [0.1, 0.15) is 6.04 Å². The van der Waals surface area contributed by atoms with Gasteiger partial charge >= 0.3 is 6.18 Å². The summed E-state index contributed by atoms with van der Waals surface area (Å²) in [4.78, 5) is 29.8. The molecule has 0 aromatic rings. The number of amides is 2. The zero-order valence-corrected chi connectivity index (χ0v) is 22.4. The molecule has 8 nitrogen and oxygen atoms in total. The zero-order chi connectivity index (χ0) is 27.2. The molecule has 2 N–H and O–H groups in total. The molecule has 5 fully saturated rings. The van der Waals surface area contributed by atoms with Gasteiger partial charge in [0.25, 0.3) is 0 Å². The third-order valence-corrected chi connectivity index (χ3v) is 9.81. The van der Waals surface area contributed by atoms with Gasteiger partial charge in [-0.2, -0.15) is 13.2 Å². The van der Waals surface area contributed by atoms with Gasteiger partial charge in [-0.3, -0.25) is 19.8 Å². The van der Waals surface area contributed by atoms with Crippen molar-refractivity contribution in [3.05, 3.63) is 0 Å². The standard InChI is InChI=1S/C26H42F4N6O2/c1-16(37)34-12-9-18(10-13-34)25(38)33(2)24(26(28,29)30)17-5-7-19(8-6-17)35-11-3-4-20-21(35)15-31-23-14-22(27)32-36(20)23/h17-24,31-32H,3-15H2,1-2H3/t17?,19?,20?,21?,22?,23?,24-/m0/s1. The Labute approximate surface area is 222 Å². The molecule has 38 heavy (non-hydrogen) atoms.